The van der Waals surface area contributed by atoms with Gasteiger partial charge in [0.05, 0.1) is 17.8 Å². The van der Waals surface area contributed by atoms with Crippen LogP contribution in [-0.2, 0) is 18.8 Å². The van der Waals surface area contributed by atoms with Crippen molar-refractivity contribution in [1.29, 1.82) is 0 Å². The molecular formula is C21H37BN2O4. The minimum absolute atomic E-state index is 0.0652. The highest BCUT2D eigenvalue weighted by Crippen LogP contribution is 2.39. The van der Waals surface area contributed by atoms with Crippen LogP contribution in [0.2, 0.25) is 0 Å². The maximum absolute atomic E-state index is 12.8. The zero-order valence-corrected chi connectivity index (χ0v) is 18.5. The van der Waals surface area contributed by atoms with Crippen LogP contribution < -0.4 is 0 Å². The molecule has 3 aliphatic heterocycles. The van der Waals surface area contributed by atoms with Crippen LogP contribution in [0.1, 0.15) is 53.9 Å². The second-order valence-electron chi connectivity index (χ2n) is 9.45. The van der Waals surface area contributed by atoms with Crippen LogP contribution in [0.15, 0.2) is 11.5 Å². The number of carbonyl (C=O) groups is 1. The van der Waals surface area contributed by atoms with E-state index < -0.39 is 0 Å². The summed E-state index contributed by atoms with van der Waals surface area (Å²) >= 11 is 0. The molecule has 2 saturated heterocycles. The molecule has 0 saturated carbocycles. The molecule has 0 amide bonds. The lowest BCUT2D eigenvalue weighted by Gasteiger charge is -2.40. The van der Waals surface area contributed by atoms with E-state index in [0.717, 1.165) is 45.4 Å². The molecule has 0 aliphatic carbocycles. The van der Waals surface area contributed by atoms with Crippen LogP contribution >= 0.6 is 0 Å². The third-order valence-electron chi connectivity index (χ3n) is 6.96. The summed E-state index contributed by atoms with van der Waals surface area (Å²) in [6.45, 7) is 14.3. The number of nitrogens with zero attached hydrogens (tertiary/aromatic N) is 2. The molecule has 158 valence electrons. The highest BCUT2D eigenvalue weighted by atomic mass is 16.7. The van der Waals surface area contributed by atoms with Crippen molar-refractivity contribution >= 4 is 13.1 Å². The monoisotopic (exact) mass is 392 g/mol. The number of hydrogen-bond donors (Lipinski definition) is 0. The van der Waals surface area contributed by atoms with E-state index in [1.165, 1.54) is 5.47 Å². The van der Waals surface area contributed by atoms with Crippen molar-refractivity contribution < 1.29 is 18.8 Å². The largest absolute Gasteiger partial charge is 0.490 e. The molecule has 0 aromatic carbocycles. The molecule has 0 N–H and O–H groups in total. The van der Waals surface area contributed by atoms with Crippen LogP contribution in [0.4, 0.5) is 0 Å². The van der Waals surface area contributed by atoms with E-state index in [1.54, 1.807) is 0 Å². The predicted molar refractivity (Wildman–Crippen MR) is 111 cm³/mol. The van der Waals surface area contributed by atoms with Crippen molar-refractivity contribution in [1.82, 2.24) is 9.80 Å². The van der Waals surface area contributed by atoms with Crippen molar-refractivity contribution in [3.05, 3.63) is 11.5 Å². The first-order chi connectivity index (χ1) is 13.1. The van der Waals surface area contributed by atoms with Gasteiger partial charge in [0.1, 0.15) is 6.04 Å². The first kappa shape index (κ1) is 21.8. The number of likely N-dealkylation sites (tertiary alicyclic amines) is 1. The Kier molecular flexibility index (Phi) is 6.59. The number of carbonyl (C=O) groups excluding carboxylic acids is 1. The lowest BCUT2D eigenvalue weighted by Crippen LogP contribution is -2.51. The first-order valence-electron chi connectivity index (χ1n) is 10.8. The van der Waals surface area contributed by atoms with E-state index in [4.69, 9.17) is 14.0 Å². The number of esters is 1. The minimum Gasteiger partial charge on any atom is -0.465 e. The van der Waals surface area contributed by atoms with Crippen LogP contribution in [0, 0.1) is 5.92 Å². The third kappa shape index (κ3) is 4.48. The number of hydrogen-bond acceptors (Lipinski definition) is 6. The summed E-state index contributed by atoms with van der Waals surface area (Å²) < 4.78 is 17.9. The van der Waals surface area contributed by atoms with E-state index in [-0.39, 0.29) is 30.3 Å². The Balaban J connectivity index is 1.68. The zero-order chi connectivity index (χ0) is 20.5. The summed E-state index contributed by atoms with van der Waals surface area (Å²) in [4.78, 5) is 17.4. The summed E-state index contributed by atoms with van der Waals surface area (Å²) in [5.41, 5.74) is 0.551. The summed E-state index contributed by atoms with van der Waals surface area (Å²) in [5, 5.41) is 0. The topological polar surface area (TPSA) is 51.2 Å². The zero-order valence-electron chi connectivity index (χ0n) is 18.5. The molecule has 1 unspecified atom stereocenters. The molecule has 7 heteroatoms. The van der Waals surface area contributed by atoms with Gasteiger partial charge >= 0.3 is 13.1 Å². The lowest BCUT2D eigenvalue weighted by molar-refractivity contribution is -0.152. The second-order valence-corrected chi connectivity index (χ2v) is 9.45. The van der Waals surface area contributed by atoms with Gasteiger partial charge in [-0.05, 0) is 85.4 Å². The molecule has 0 bridgehead atoms. The van der Waals surface area contributed by atoms with E-state index >= 15 is 0 Å². The van der Waals surface area contributed by atoms with E-state index in [0.29, 0.717) is 12.5 Å². The molecule has 0 spiro atoms. The highest BCUT2D eigenvalue weighted by Gasteiger charge is 2.52. The number of piperidine rings is 1. The Bertz CT molecular complexity index is 583. The predicted octanol–water partition coefficient (Wildman–Crippen LogP) is 2.52. The van der Waals surface area contributed by atoms with Crippen molar-refractivity contribution in [3.63, 3.8) is 0 Å². The molecule has 0 aromatic heterocycles. The quantitative estimate of drug-likeness (QED) is 0.530. The molecular weight excluding hydrogens is 355 g/mol. The smallest absolute Gasteiger partial charge is 0.465 e. The van der Waals surface area contributed by atoms with Crippen molar-refractivity contribution in [2.45, 2.75) is 71.1 Å². The SMILES string of the molecule is CCOC(=O)C(C1CCN(C)CC1)N1CC=C(B2OC(C)(C)C(C)(C)O2)CC1. The van der Waals surface area contributed by atoms with Gasteiger partial charge in [0.2, 0.25) is 0 Å². The molecule has 3 aliphatic rings. The van der Waals surface area contributed by atoms with E-state index in [9.17, 15) is 4.79 Å². The molecule has 2 fully saturated rings. The van der Waals surface area contributed by atoms with Crippen molar-refractivity contribution in [3.8, 4) is 0 Å². The summed E-state index contributed by atoms with van der Waals surface area (Å²) in [7, 11) is 1.87. The third-order valence-corrected chi connectivity index (χ3v) is 6.96. The first-order valence-corrected chi connectivity index (χ1v) is 10.8. The van der Waals surface area contributed by atoms with Gasteiger partial charge in [-0.2, -0.15) is 0 Å². The van der Waals surface area contributed by atoms with Gasteiger partial charge in [0.25, 0.3) is 0 Å². The average molecular weight is 392 g/mol. The fourth-order valence-corrected chi connectivity index (χ4v) is 4.37. The normalized spacial score (nSPS) is 27.5. The van der Waals surface area contributed by atoms with Gasteiger partial charge in [0, 0.05) is 13.1 Å². The number of rotatable bonds is 5. The van der Waals surface area contributed by atoms with E-state index in [2.05, 4.69) is 50.6 Å². The average Bonchev–Trinajstić information content (AvgIpc) is 2.85. The van der Waals surface area contributed by atoms with Gasteiger partial charge in [-0.1, -0.05) is 6.08 Å². The molecule has 0 radical (unpaired) electrons. The van der Waals surface area contributed by atoms with Gasteiger partial charge in [-0.15, -0.1) is 0 Å². The molecule has 28 heavy (non-hydrogen) atoms. The molecule has 3 heterocycles. The van der Waals surface area contributed by atoms with Gasteiger partial charge in [-0.25, -0.2) is 0 Å². The van der Waals surface area contributed by atoms with Gasteiger partial charge in [-0.3, -0.25) is 9.69 Å². The Morgan fingerprint density at radius 2 is 1.82 bits per heavy atom. The Hall–Kier alpha value is -0.885. The molecule has 3 rings (SSSR count). The van der Waals surface area contributed by atoms with Gasteiger partial charge < -0.3 is 18.9 Å². The summed E-state index contributed by atoms with van der Waals surface area (Å²) in [6, 6.07) is -0.148. The minimum atomic E-state index is -0.322. The van der Waals surface area contributed by atoms with Crippen LogP contribution in [0.25, 0.3) is 0 Å². The van der Waals surface area contributed by atoms with Gasteiger partial charge in [0.15, 0.2) is 0 Å². The van der Waals surface area contributed by atoms with Crippen molar-refractivity contribution in [2.24, 2.45) is 5.92 Å². The summed E-state index contributed by atoms with van der Waals surface area (Å²) in [6.07, 6.45) is 5.15. The highest BCUT2D eigenvalue weighted by molar-refractivity contribution is 6.54. The lowest BCUT2D eigenvalue weighted by atomic mass is 9.74. The molecule has 0 aromatic rings. The standard InChI is InChI=1S/C21H37BN2O4/c1-7-26-19(25)18(16-8-12-23(6)13-9-16)24-14-10-17(11-15-24)22-27-20(2,3)21(4,5)28-22/h10,16,18H,7-9,11-15H2,1-6H3. The maximum atomic E-state index is 12.8. The fraction of sp³-hybridized carbons (Fsp3) is 0.857. The van der Waals surface area contributed by atoms with E-state index in [1.807, 2.05) is 6.92 Å². The van der Waals surface area contributed by atoms with Crippen LogP contribution in [-0.4, -0.2) is 80.0 Å². The number of ether oxygens (including phenoxy) is 1. The summed E-state index contributed by atoms with van der Waals surface area (Å²) in [5.74, 6) is 0.298. The molecule has 6 nitrogen and oxygen atoms in total. The van der Waals surface area contributed by atoms with Crippen LogP contribution in [0.5, 0.6) is 0 Å². The molecule has 1 atom stereocenters. The van der Waals surface area contributed by atoms with Crippen LogP contribution in [0.3, 0.4) is 0 Å². The Labute approximate surface area is 170 Å². The Morgan fingerprint density at radius 3 is 2.32 bits per heavy atom. The fourth-order valence-electron chi connectivity index (χ4n) is 4.37. The van der Waals surface area contributed by atoms with Crippen molar-refractivity contribution in [2.75, 3.05) is 39.8 Å². The maximum Gasteiger partial charge on any atom is 0.490 e. The second kappa shape index (κ2) is 8.46. The Morgan fingerprint density at radius 1 is 1.21 bits per heavy atom.